The molecule has 1 aliphatic heterocycles. The van der Waals surface area contributed by atoms with E-state index in [1.807, 2.05) is 22.6 Å². The summed E-state index contributed by atoms with van der Waals surface area (Å²) in [5.74, 6) is -1.29. The quantitative estimate of drug-likeness (QED) is 0.190. The van der Waals surface area contributed by atoms with Crippen molar-refractivity contribution in [3.05, 3.63) is 55.6 Å². The minimum Gasteiger partial charge on any atom is -0.453 e. The maximum Gasteiger partial charge on any atom is 0.411 e. The Kier molecular flexibility index (Phi) is 20.3. The molecule has 1 saturated heterocycles. The van der Waals surface area contributed by atoms with Gasteiger partial charge in [-0.3, -0.25) is 25.1 Å². The van der Waals surface area contributed by atoms with Crippen molar-refractivity contribution in [3.8, 4) is 0 Å². The van der Waals surface area contributed by atoms with Crippen LogP contribution >= 0.6 is 45.8 Å². The third-order valence-electron chi connectivity index (χ3n) is 4.08. The summed E-state index contributed by atoms with van der Waals surface area (Å²) in [5, 5.41) is 4.69. The number of hydrogen-bond donors (Lipinski definition) is 2. The number of benzene rings is 2. The largest absolute Gasteiger partial charge is 0.453 e. The second-order valence-electron chi connectivity index (χ2n) is 6.45. The van der Waals surface area contributed by atoms with Gasteiger partial charge in [0.05, 0.1) is 30.0 Å². The van der Waals surface area contributed by atoms with Gasteiger partial charge in [-0.1, -0.05) is 45.5 Å². The first-order valence-electron chi connectivity index (χ1n) is 9.48. The fraction of sp³-hybridized carbons (Fsp3) is 0.333. The lowest BCUT2D eigenvalue weighted by Crippen LogP contribution is -2.23. The van der Waals surface area contributed by atoms with Crippen molar-refractivity contribution in [2.45, 2.75) is 35.1 Å². The van der Waals surface area contributed by atoms with Crippen LogP contribution in [0.1, 0.15) is 35.1 Å². The number of nitrogens with zero attached hydrogens (tertiary/aromatic N) is 1. The Morgan fingerprint density at radius 3 is 1.76 bits per heavy atom. The monoisotopic (exact) mass is 693 g/mol. The van der Waals surface area contributed by atoms with E-state index in [0.29, 0.717) is 27.8 Å². The van der Waals surface area contributed by atoms with E-state index in [1.165, 1.54) is 44.4 Å². The van der Waals surface area contributed by atoms with E-state index in [4.69, 9.17) is 23.2 Å². The van der Waals surface area contributed by atoms with Gasteiger partial charge < -0.3 is 9.47 Å². The van der Waals surface area contributed by atoms with Gasteiger partial charge in [-0.25, -0.2) is 18.4 Å². The van der Waals surface area contributed by atoms with Crippen molar-refractivity contribution in [2.75, 3.05) is 31.9 Å². The molecule has 38 heavy (non-hydrogen) atoms. The van der Waals surface area contributed by atoms with E-state index >= 15 is 0 Å². The van der Waals surface area contributed by atoms with Gasteiger partial charge in [0.15, 0.2) is 0 Å². The molecule has 1 heterocycles. The highest BCUT2D eigenvalue weighted by Gasteiger charge is 2.24. The predicted molar refractivity (Wildman–Crippen MR) is 155 cm³/mol. The van der Waals surface area contributed by atoms with Crippen molar-refractivity contribution in [1.29, 1.82) is 0 Å². The summed E-state index contributed by atoms with van der Waals surface area (Å²) >= 11 is 12.9. The molecule has 4 amide bonds. The summed E-state index contributed by atoms with van der Waals surface area (Å²) in [4.78, 5) is 43.7. The van der Waals surface area contributed by atoms with E-state index in [1.54, 1.807) is 0 Å². The van der Waals surface area contributed by atoms with E-state index in [-0.39, 0.29) is 44.1 Å². The number of amides is 4. The molecule has 0 radical (unpaired) electrons. The molecule has 1 fully saturated rings. The van der Waals surface area contributed by atoms with Crippen LogP contribution in [0.2, 0.25) is 10.0 Å². The van der Waals surface area contributed by atoms with Gasteiger partial charge in [-0.05, 0) is 46.9 Å². The molecule has 14 heteroatoms. The number of carbonyl (C=O) groups excluding carboxylic acids is 4. The molecule has 0 spiro atoms. The summed E-state index contributed by atoms with van der Waals surface area (Å²) in [6.07, 6.45) is -0.503. The number of likely N-dealkylation sites (tertiary alicyclic amines) is 1. The van der Waals surface area contributed by atoms with Crippen molar-refractivity contribution in [2.24, 2.45) is 0 Å². The van der Waals surface area contributed by atoms with Gasteiger partial charge in [0.2, 0.25) is 11.8 Å². The van der Waals surface area contributed by atoms with Crippen molar-refractivity contribution < 1.29 is 37.4 Å². The molecule has 9 nitrogen and oxygen atoms in total. The first-order valence-corrected chi connectivity index (χ1v) is 11.3. The zero-order valence-electron chi connectivity index (χ0n) is 18.6. The zero-order valence-corrected chi connectivity index (χ0v) is 22.3. The maximum atomic E-state index is 13.0. The molecule has 0 aliphatic carbocycles. The van der Waals surface area contributed by atoms with Crippen molar-refractivity contribution in [1.82, 2.24) is 4.90 Å². The Labute approximate surface area is 245 Å². The SMILES string of the molecule is C.C.C.CN1C(=O)CCC1=O.COC(=O)Nc1cc(F)c(Cl)cc1I.COC(=O)Nc1ccc(Cl)c(F)c1. The standard InChI is InChI=1S/C8H6ClFINO2.C8H7ClFNO2.C5H7NO2.3CH4/c1-14-8(13)12-7-3-5(10)4(9)2-6(7)11;1-13-8(12)11-5-2-3-6(9)7(10)4-5;1-6-4(7)2-3-5(6)8;;;/h2-3H,1H3,(H,12,13);2-4H,1H3,(H,11,12);2-3H2,1H3;3*1H4. The highest BCUT2D eigenvalue weighted by atomic mass is 127. The average molecular weight is 694 g/mol. The van der Waals surface area contributed by atoms with Gasteiger partial charge >= 0.3 is 12.2 Å². The van der Waals surface area contributed by atoms with E-state index in [0.717, 1.165) is 12.1 Å². The Hall–Kier alpha value is -2.71. The lowest BCUT2D eigenvalue weighted by Gasteiger charge is -2.06. The third-order valence-corrected chi connectivity index (χ3v) is 5.57. The van der Waals surface area contributed by atoms with Gasteiger partial charge in [0.25, 0.3) is 0 Å². The molecule has 0 atom stereocenters. The summed E-state index contributed by atoms with van der Waals surface area (Å²) in [5.41, 5.74) is 0.633. The number of methoxy groups -OCH3 is 2. The second-order valence-corrected chi connectivity index (χ2v) is 8.43. The van der Waals surface area contributed by atoms with E-state index in [9.17, 15) is 28.0 Å². The number of carbonyl (C=O) groups is 4. The smallest absolute Gasteiger partial charge is 0.411 e. The third kappa shape index (κ3) is 13.2. The number of halogens is 5. The lowest BCUT2D eigenvalue weighted by molar-refractivity contribution is -0.136. The van der Waals surface area contributed by atoms with Gasteiger partial charge in [-0.2, -0.15) is 0 Å². The first-order chi connectivity index (χ1) is 16.4. The highest BCUT2D eigenvalue weighted by Crippen LogP contribution is 2.25. The second kappa shape index (κ2) is 19.4. The first kappa shape index (κ1) is 39.8. The topological polar surface area (TPSA) is 114 Å². The molecule has 0 unspecified atom stereocenters. The lowest BCUT2D eigenvalue weighted by atomic mass is 10.3. The molecule has 0 aromatic heterocycles. The van der Waals surface area contributed by atoms with Crippen LogP contribution in [0.25, 0.3) is 0 Å². The summed E-state index contributed by atoms with van der Waals surface area (Å²) in [6.45, 7) is 0. The van der Waals surface area contributed by atoms with Crippen LogP contribution in [-0.4, -0.2) is 50.2 Å². The van der Waals surface area contributed by atoms with Gasteiger partial charge in [-0.15, -0.1) is 0 Å². The van der Waals surface area contributed by atoms with Crippen LogP contribution < -0.4 is 10.6 Å². The van der Waals surface area contributed by atoms with Crippen LogP contribution in [0.4, 0.5) is 29.7 Å². The molecule has 1 aliphatic rings. The Morgan fingerprint density at radius 1 is 0.868 bits per heavy atom. The normalized spacial score (nSPS) is 11.1. The number of nitrogens with one attached hydrogen (secondary N) is 2. The predicted octanol–water partition coefficient (Wildman–Crippen LogP) is 7.59. The molecule has 0 bridgehead atoms. The molecular formula is C24H32Cl2F2IN3O6. The molecule has 2 aromatic carbocycles. The number of anilines is 2. The number of imide groups is 1. The minimum absolute atomic E-state index is 0. The fourth-order valence-corrected chi connectivity index (χ4v) is 3.28. The number of rotatable bonds is 2. The Bertz CT molecular complexity index is 1090. The van der Waals surface area contributed by atoms with Crippen LogP contribution in [0.5, 0.6) is 0 Å². The van der Waals surface area contributed by atoms with Crippen LogP contribution in [0.15, 0.2) is 30.3 Å². The fourth-order valence-electron chi connectivity index (χ4n) is 2.21. The number of ether oxygens (including phenoxy) is 2. The van der Waals surface area contributed by atoms with E-state index in [2.05, 4.69) is 20.1 Å². The van der Waals surface area contributed by atoms with Gasteiger partial charge in [0.1, 0.15) is 11.6 Å². The van der Waals surface area contributed by atoms with Crippen LogP contribution in [0, 0.1) is 15.2 Å². The Balaban J connectivity index is -0.000000479. The molecule has 3 rings (SSSR count). The molecular weight excluding hydrogens is 662 g/mol. The minimum atomic E-state index is -0.651. The summed E-state index contributed by atoms with van der Waals surface area (Å²) < 4.78 is 35.1. The number of hydrogen-bond acceptors (Lipinski definition) is 6. The van der Waals surface area contributed by atoms with Crippen LogP contribution in [0.3, 0.4) is 0 Å². The molecule has 2 N–H and O–H groups in total. The average Bonchev–Trinajstić information content (AvgIpc) is 3.11. The van der Waals surface area contributed by atoms with Crippen molar-refractivity contribution in [3.63, 3.8) is 0 Å². The highest BCUT2D eigenvalue weighted by molar-refractivity contribution is 14.1. The summed E-state index contributed by atoms with van der Waals surface area (Å²) in [7, 11) is 3.97. The maximum absolute atomic E-state index is 13.0. The van der Waals surface area contributed by atoms with Crippen LogP contribution in [-0.2, 0) is 19.1 Å². The zero-order chi connectivity index (χ0) is 26.7. The Morgan fingerprint density at radius 2 is 1.34 bits per heavy atom. The molecule has 214 valence electrons. The van der Waals surface area contributed by atoms with Gasteiger partial charge in [0, 0.05) is 35.2 Å². The molecule has 0 saturated carbocycles. The summed E-state index contributed by atoms with van der Waals surface area (Å²) in [6, 6.07) is 6.49. The van der Waals surface area contributed by atoms with Crippen molar-refractivity contribution >= 4 is 81.2 Å². The van der Waals surface area contributed by atoms with E-state index < -0.39 is 23.8 Å². The molecule has 2 aromatic rings.